The first-order chi connectivity index (χ1) is 9.68. The SMILES string of the molecule is C=CCNC(C)(C)N1CCN=C1CC=C.COS(=O)(=O)O. The molecule has 0 bridgehead atoms. The van der Waals surface area contributed by atoms with Gasteiger partial charge in [0, 0.05) is 19.5 Å². The fourth-order valence-electron chi connectivity index (χ4n) is 1.82. The van der Waals surface area contributed by atoms with E-state index >= 15 is 0 Å². The van der Waals surface area contributed by atoms with Gasteiger partial charge in [-0.05, 0) is 13.8 Å². The Hall–Kier alpha value is -1.22. The van der Waals surface area contributed by atoms with Gasteiger partial charge in [-0.1, -0.05) is 12.2 Å². The summed E-state index contributed by atoms with van der Waals surface area (Å²) in [6.07, 6.45) is 4.63. The summed E-state index contributed by atoms with van der Waals surface area (Å²) >= 11 is 0. The van der Waals surface area contributed by atoms with Gasteiger partial charge in [0.05, 0.1) is 19.3 Å². The molecule has 0 aromatic carbocycles. The average Bonchev–Trinajstić information content (AvgIpc) is 2.86. The summed E-state index contributed by atoms with van der Waals surface area (Å²) in [6, 6.07) is 0. The van der Waals surface area contributed by atoms with Crippen molar-refractivity contribution < 1.29 is 17.2 Å². The van der Waals surface area contributed by atoms with Crippen LogP contribution in [0.1, 0.15) is 20.3 Å². The molecule has 0 aromatic heterocycles. The molecular weight excluding hydrogens is 294 g/mol. The van der Waals surface area contributed by atoms with E-state index in [-0.39, 0.29) is 5.66 Å². The van der Waals surface area contributed by atoms with Gasteiger partial charge in [-0.15, -0.1) is 13.2 Å². The molecule has 0 aromatic rings. The average molecular weight is 319 g/mol. The van der Waals surface area contributed by atoms with Crippen molar-refractivity contribution in [3.63, 3.8) is 0 Å². The number of hydrogen-bond acceptors (Lipinski definition) is 6. The number of aliphatic imine (C=N–C) groups is 1. The molecule has 2 N–H and O–H groups in total. The van der Waals surface area contributed by atoms with Gasteiger partial charge in [-0.25, -0.2) is 0 Å². The van der Waals surface area contributed by atoms with Crippen LogP contribution < -0.4 is 5.32 Å². The Kier molecular flexibility index (Phi) is 8.41. The van der Waals surface area contributed by atoms with Crippen LogP contribution >= 0.6 is 0 Å². The molecule has 1 aliphatic heterocycles. The Labute approximate surface area is 127 Å². The number of nitrogens with zero attached hydrogens (tertiary/aromatic N) is 2. The molecule has 0 unspecified atom stereocenters. The maximum Gasteiger partial charge on any atom is 0.397 e. The van der Waals surface area contributed by atoms with Crippen LogP contribution in [0, 0.1) is 0 Å². The maximum absolute atomic E-state index is 9.33. The monoisotopic (exact) mass is 319 g/mol. The Morgan fingerprint density at radius 1 is 1.48 bits per heavy atom. The minimum Gasteiger partial charge on any atom is -0.341 e. The van der Waals surface area contributed by atoms with Gasteiger partial charge >= 0.3 is 10.4 Å². The van der Waals surface area contributed by atoms with Crippen LogP contribution in [0.5, 0.6) is 0 Å². The molecular formula is C13H25N3O4S. The van der Waals surface area contributed by atoms with Crippen molar-refractivity contribution in [3.05, 3.63) is 25.3 Å². The molecule has 7 nitrogen and oxygen atoms in total. The third-order valence-corrected chi connectivity index (χ3v) is 3.24. The zero-order chi connectivity index (χ0) is 16.5. The van der Waals surface area contributed by atoms with E-state index in [4.69, 9.17) is 4.55 Å². The summed E-state index contributed by atoms with van der Waals surface area (Å²) in [6.45, 7) is 14.5. The van der Waals surface area contributed by atoms with Crippen molar-refractivity contribution in [3.8, 4) is 0 Å². The molecule has 0 aliphatic carbocycles. The fraction of sp³-hybridized carbons (Fsp3) is 0.615. The van der Waals surface area contributed by atoms with E-state index in [1.807, 2.05) is 12.2 Å². The molecule has 21 heavy (non-hydrogen) atoms. The van der Waals surface area contributed by atoms with Crippen molar-refractivity contribution >= 4 is 16.2 Å². The van der Waals surface area contributed by atoms with Crippen molar-refractivity contribution in [1.29, 1.82) is 0 Å². The number of amidine groups is 1. The van der Waals surface area contributed by atoms with Crippen molar-refractivity contribution in [2.24, 2.45) is 4.99 Å². The molecule has 0 atom stereocenters. The first-order valence-corrected chi connectivity index (χ1v) is 7.85. The molecule has 1 rings (SSSR count). The molecule has 0 amide bonds. The van der Waals surface area contributed by atoms with Gasteiger partial charge in [-0.2, -0.15) is 8.42 Å². The summed E-state index contributed by atoms with van der Waals surface area (Å²) in [7, 11) is -3.29. The molecule has 8 heteroatoms. The van der Waals surface area contributed by atoms with Gasteiger partial charge in [0.15, 0.2) is 0 Å². The van der Waals surface area contributed by atoms with E-state index in [9.17, 15) is 8.42 Å². The molecule has 0 spiro atoms. The second kappa shape index (κ2) is 8.93. The molecule has 1 heterocycles. The summed E-state index contributed by atoms with van der Waals surface area (Å²) in [5.41, 5.74) is -0.0630. The quantitative estimate of drug-likeness (QED) is 0.542. The lowest BCUT2D eigenvalue weighted by Gasteiger charge is -2.38. The Morgan fingerprint density at radius 2 is 2.05 bits per heavy atom. The first-order valence-electron chi connectivity index (χ1n) is 6.48. The molecule has 1 aliphatic rings. The van der Waals surface area contributed by atoms with Crippen LogP contribution in [0.2, 0.25) is 0 Å². The smallest absolute Gasteiger partial charge is 0.341 e. The minimum atomic E-state index is -4.16. The van der Waals surface area contributed by atoms with Gasteiger partial charge in [0.25, 0.3) is 0 Å². The Morgan fingerprint density at radius 3 is 2.48 bits per heavy atom. The summed E-state index contributed by atoms with van der Waals surface area (Å²) in [5.74, 6) is 1.13. The fourth-order valence-corrected chi connectivity index (χ4v) is 1.82. The second-order valence-electron chi connectivity index (χ2n) is 4.77. The van der Waals surface area contributed by atoms with Crippen LogP contribution in [0.3, 0.4) is 0 Å². The van der Waals surface area contributed by atoms with Crippen LogP contribution in [-0.2, 0) is 14.6 Å². The Bertz CT molecular complexity index is 472. The number of rotatable bonds is 7. The molecule has 0 radical (unpaired) electrons. The lowest BCUT2D eigenvalue weighted by molar-refractivity contribution is 0.186. The summed E-state index contributed by atoms with van der Waals surface area (Å²) in [4.78, 5) is 6.79. The van der Waals surface area contributed by atoms with E-state index in [2.05, 4.69) is 46.4 Å². The second-order valence-corrected chi connectivity index (χ2v) is 5.95. The topological polar surface area (TPSA) is 91.2 Å². The largest absolute Gasteiger partial charge is 0.397 e. The minimum absolute atomic E-state index is 0.0630. The number of nitrogens with one attached hydrogen (secondary N) is 1. The maximum atomic E-state index is 9.33. The van der Waals surface area contributed by atoms with Crippen LogP contribution in [-0.4, -0.2) is 56.1 Å². The highest BCUT2D eigenvalue weighted by Gasteiger charge is 2.30. The van der Waals surface area contributed by atoms with Gasteiger partial charge in [0.2, 0.25) is 0 Å². The molecule has 0 saturated carbocycles. The van der Waals surface area contributed by atoms with Crippen LogP contribution in [0.15, 0.2) is 30.3 Å². The number of hydrogen-bond donors (Lipinski definition) is 2. The predicted octanol–water partition coefficient (Wildman–Crippen LogP) is 1.22. The van der Waals surface area contributed by atoms with E-state index < -0.39 is 10.4 Å². The van der Waals surface area contributed by atoms with Crippen molar-refractivity contribution in [1.82, 2.24) is 10.2 Å². The van der Waals surface area contributed by atoms with E-state index in [0.717, 1.165) is 39.0 Å². The predicted molar refractivity (Wildman–Crippen MR) is 84.7 cm³/mol. The zero-order valence-corrected chi connectivity index (χ0v) is 13.7. The third-order valence-electron chi connectivity index (χ3n) is 2.82. The zero-order valence-electron chi connectivity index (χ0n) is 12.9. The third kappa shape index (κ3) is 7.96. The highest BCUT2D eigenvalue weighted by molar-refractivity contribution is 7.80. The summed E-state index contributed by atoms with van der Waals surface area (Å²) in [5, 5.41) is 3.43. The molecule has 0 fully saturated rings. The van der Waals surface area contributed by atoms with Crippen molar-refractivity contribution in [2.75, 3.05) is 26.7 Å². The normalized spacial score (nSPS) is 15.0. The van der Waals surface area contributed by atoms with Gasteiger partial charge in [-0.3, -0.25) is 19.0 Å². The highest BCUT2D eigenvalue weighted by atomic mass is 32.3. The van der Waals surface area contributed by atoms with Gasteiger partial charge in [0.1, 0.15) is 5.84 Å². The van der Waals surface area contributed by atoms with E-state index in [1.54, 1.807) is 0 Å². The first kappa shape index (κ1) is 19.8. The van der Waals surface area contributed by atoms with Crippen molar-refractivity contribution in [2.45, 2.75) is 25.9 Å². The lowest BCUT2D eigenvalue weighted by Crippen LogP contribution is -2.55. The Balaban J connectivity index is 0.000000567. The van der Waals surface area contributed by atoms with Crippen LogP contribution in [0.25, 0.3) is 0 Å². The lowest BCUT2D eigenvalue weighted by atomic mass is 10.1. The van der Waals surface area contributed by atoms with Crippen LogP contribution in [0.4, 0.5) is 0 Å². The molecule has 0 saturated heterocycles. The van der Waals surface area contributed by atoms with E-state index in [0.29, 0.717) is 0 Å². The van der Waals surface area contributed by atoms with E-state index in [1.165, 1.54) is 0 Å². The highest BCUT2D eigenvalue weighted by Crippen LogP contribution is 2.17. The summed E-state index contributed by atoms with van der Waals surface area (Å²) < 4.78 is 29.7. The standard InChI is InChI=1S/C12H21N3.CH4O4S/c1-5-7-11-13-9-10-15(11)12(3,4)14-8-6-2;1-5-6(2,3)4/h5-6,14H,1-2,7-10H2,3-4H3;1H3,(H,2,3,4). The van der Waals surface area contributed by atoms with Gasteiger partial charge < -0.3 is 4.90 Å². The molecule has 122 valence electrons.